The molecule has 1 unspecified atom stereocenters. The largest absolute Gasteiger partial charge is 0.383 e. The fourth-order valence-electron chi connectivity index (χ4n) is 2.14. The van der Waals surface area contributed by atoms with Crippen molar-refractivity contribution in [3.63, 3.8) is 0 Å². The van der Waals surface area contributed by atoms with E-state index in [1.54, 1.807) is 31.4 Å². The second-order valence-corrected chi connectivity index (χ2v) is 5.10. The van der Waals surface area contributed by atoms with E-state index < -0.39 is 5.92 Å². The highest BCUT2D eigenvalue weighted by atomic mass is 32.1. The molecule has 2 rings (SSSR count). The van der Waals surface area contributed by atoms with Crippen LogP contribution in [0, 0.1) is 5.92 Å². The summed E-state index contributed by atoms with van der Waals surface area (Å²) in [5.74, 6) is -0.887. The van der Waals surface area contributed by atoms with Gasteiger partial charge in [0.1, 0.15) is 0 Å². The molecule has 0 saturated heterocycles. The summed E-state index contributed by atoms with van der Waals surface area (Å²) in [6, 6.07) is 0. The number of nitrogens with zero attached hydrogens (tertiary/aromatic N) is 2. The number of ether oxygens (including phenoxy) is 1. The molecule has 0 bridgehead atoms. The molecule has 2 amide bonds. The zero-order valence-corrected chi connectivity index (χ0v) is 13.1. The summed E-state index contributed by atoms with van der Waals surface area (Å²) >= 11 is 5.16. The van der Waals surface area contributed by atoms with E-state index in [0.29, 0.717) is 31.0 Å². The predicted molar refractivity (Wildman–Crippen MR) is 87.5 cm³/mol. The van der Waals surface area contributed by atoms with Gasteiger partial charge < -0.3 is 10.1 Å². The molecule has 7 heteroatoms. The summed E-state index contributed by atoms with van der Waals surface area (Å²) in [6.45, 7) is 4.67. The molecule has 0 aromatic heterocycles. The van der Waals surface area contributed by atoms with E-state index >= 15 is 0 Å². The Labute approximate surface area is 134 Å². The number of nitrogens with one attached hydrogen (secondary N) is 1. The van der Waals surface area contributed by atoms with Crippen LogP contribution in [0.1, 0.15) is 0 Å². The summed E-state index contributed by atoms with van der Waals surface area (Å²) in [7, 11) is 1.56. The summed E-state index contributed by atoms with van der Waals surface area (Å²) in [4.78, 5) is 30.1. The molecule has 0 spiro atoms. The number of carbonyl (C=O) groups excluding carboxylic acids is 2. The Bertz CT molecular complexity index is 607. The smallest absolute Gasteiger partial charge is 0.251 e. The highest BCUT2D eigenvalue weighted by Gasteiger charge is 2.34. The van der Waals surface area contributed by atoms with Crippen LogP contribution in [0.2, 0.25) is 0 Å². The van der Waals surface area contributed by atoms with Crippen molar-refractivity contribution in [2.24, 2.45) is 10.9 Å². The third-order valence-corrected chi connectivity index (χ3v) is 3.58. The van der Waals surface area contributed by atoms with Crippen molar-refractivity contribution in [1.82, 2.24) is 10.2 Å². The van der Waals surface area contributed by atoms with Gasteiger partial charge >= 0.3 is 0 Å². The van der Waals surface area contributed by atoms with Crippen LogP contribution in [-0.4, -0.2) is 54.3 Å². The molecular weight excluding hydrogens is 302 g/mol. The predicted octanol–water partition coefficient (Wildman–Crippen LogP) is 0.615. The van der Waals surface area contributed by atoms with Crippen LogP contribution in [0.25, 0.3) is 0 Å². The maximum Gasteiger partial charge on any atom is 0.251 e. The highest BCUT2D eigenvalue weighted by Crippen LogP contribution is 2.22. The van der Waals surface area contributed by atoms with Gasteiger partial charge in [-0.1, -0.05) is 18.2 Å². The fraction of sp³-hybridized carbons (Fsp3) is 0.333. The molecule has 116 valence electrons. The highest BCUT2D eigenvalue weighted by molar-refractivity contribution is 7.80. The lowest BCUT2D eigenvalue weighted by Crippen LogP contribution is -2.47. The lowest BCUT2D eigenvalue weighted by atomic mass is 9.92. The van der Waals surface area contributed by atoms with Crippen molar-refractivity contribution in [2.75, 3.05) is 26.8 Å². The average Bonchev–Trinajstić information content (AvgIpc) is 2.51. The minimum Gasteiger partial charge on any atom is -0.383 e. The topological polar surface area (TPSA) is 71.0 Å². The molecule has 6 nitrogen and oxygen atoms in total. The maximum absolute atomic E-state index is 12.4. The third-order valence-electron chi connectivity index (χ3n) is 3.27. The Hall–Kier alpha value is -2.12. The van der Waals surface area contributed by atoms with Crippen LogP contribution in [-0.2, 0) is 14.3 Å². The lowest BCUT2D eigenvalue weighted by Gasteiger charge is -2.30. The SMILES string of the molecule is C=CCNC(=O)C1=CC2=NC(=S)N(CCOC)C(=O)C2C=C1. The van der Waals surface area contributed by atoms with Crippen molar-refractivity contribution < 1.29 is 14.3 Å². The molecule has 1 aliphatic heterocycles. The summed E-state index contributed by atoms with van der Waals surface area (Å²) in [5, 5.41) is 2.88. The van der Waals surface area contributed by atoms with Crippen molar-refractivity contribution in [3.05, 3.63) is 36.5 Å². The zero-order valence-electron chi connectivity index (χ0n) is 12.2. The third kappa shape index (κ3) is 3.37. The zero-order chi connectivity index (χ0) is 16.1. The second-order valence-electron chi connectivity index (χ2n) is 4.74. The van der Waals surface area contributed by atoms with Crippen molar-refractivity contribution in [2.45, 2.75) is 0 Å². The second kappa shape index (κ2) is 7.24. The number of allylic oxidation sites excluding steroid dienone is 1. The van der Waals surface area contributed by atoms with Crippen LogP contribution in [0.3, 0.4) is 0 Å². The Balaban J connectivity index is 2.19. The van der Waals surface area contributed by atoms with Gasteiger partial charge in [-0.05, 0) is 18.3 Å². The van der Waals surface area contributed by atoms with E-state index in [-0.39, 0.29) is 16.9 Å². The fourth-order valence-corrected chi connectivity index (χ4v) is 2.42. The monoisotopic (exact) mass is 319 g/mol. The van der Waals surface area contributed by atoms with Gasteiger partial charge in [-0.2, -0.15) is 0 Å². The van der Waals surface area contributed by atoms with Crippen LogP contribution in [0.5, 0.6) is 0 Å². The number of hydrogen-bond acceptors (Lipinski definition) is 4. The molecule has 0 aromatic rings. The minimum atomic E-state index is -0.500. The van der Waals surface area contributed by atoms with E-state index in [0.717, 1.165) is 0 Å². The van der Waals surface area contributed by atoms with Gasteiger partial charge in [-0.3, -0.25) is 14.5 Å². The number of thiocarbonyl (C=S) groups is 1. The summed E-state index contributed by atoms with van der Waals surface area (Å²) in [6.07, 6.45) is 6.49. The normalized spacial score (nSPS) is 20.2. The van der Waals surface area contributed by atoms with E-state index in [2.05, 4.69) is 16.9 Å². The van der Waals surface area contributed by atoms with Crippen molar-refractivity contribution in [1.29, 1.82) is 0 Å². The van der Waals surface area contributed by atoms with Gasteiger partial charge in [0, 0.05) is 19.2 Å². The quantitative estimate of drug-likeness (QED) is 0.575. The van der Waals surface area contributed by atoms with Crippen LogP contribution in [0.4, 0.5) is 0 Å². The van der Waals surface area contributed by atoms with Gasteiger partial charge in [-0.15, -0.1) is 6.58 Å². The van der Waals surface area contributed by atoms with Crippen LogP contribution >= 0.6 is 12.2 Å². The first-order valence-corrected chi connectivity index (χ1v) is 7.21. The first-order chi connectivity index (χ1) is 10.6. The Morgan fingerprint density at radius 1 is 1.64 bits per heavy atom. The van der Waals surface area contributed by atoms with Crippen LogP contribution in [0.15, 0.2) is 41.4 Å². The van der Waals surface area contributed by atoms with Gasteiger partial charge in [0.25, 0.3) is 5.91 Å². The number of carbonyl (C=O) groups is 2. The Morgan fingerprint density at radius 2 is 2.41 bits per heavy atom. The molecule has 1 N–H and O–H groups in total. The van der Waals surface area contributed by atoms with E-state index in [1.807, 2.05) is 0 Å². The van der Waals surface area contributed by atoms with Gasteiger partial charge in [0.15, 0.2) is 0 Å². The molecule has 1 aliphatic carbocycles. The van der Waals surface area contributed by atoms with Crippen molar-refractivity contribution >= 4 is 34.9 Å². The molecule has 0 aromatic carbocycles. The summed E-state index contributed by atoms with van der Waals surface area (Å²) < 4.78 is 4.97. The van der Waals surface area contributed by atoms with Gasteiger partial charge in [0.05, 0.1) is 24.8 Å². The van der Waals surface area contributed by atoms with Gasteiger partial charge in [-0.25, -0.2) is 4.99 Å². The first-order valence-electron chi connectivity index (χ1n) is 6.80. The Kier molecular flexibility index (Phi) is 5.35. The molecule has 2 aliphatic rings. The molecule has 1 heterocycles. The first kappa shape index (κ1) is 16.3. The summed E-state index contributed by atoms with van der Waals surface area (Å²) in [5.41, 5.74) is 0.938. The van der Waals surface area contributed by atoms with Crippen LogP contribution < -0.4 is 5.32 Å². The molecular formula is C15H17N3O3S. The number of methoxy groups -OCH3 is 1. The molecule has 22 heavy (non-hydrogen) atoms. The molecule has 0 radical (unpaired) electrons. The molecule has 0 saturated carbocycles. The van der Waals surface area contributed by atoms with Crippen molar-refractivity contribution in [3.8, 4) is 0 Å². The van der Waals surface area contributed by atoms with E-state index in [1.165, 1.54) is 4.90 Å². The average molecular weight is 319 g/mol. The Morgan fingerprint density at radius 3 is 3.09 bits per heavy atom. The van der Waals surface area contributed by atoms with E-state index in [4.69, 9.17) is 17.0 Å². The lowest BCUT2D eigenvalue weighted by molar-refractivity contribution is -0.129. The standard InChI is InChI=1S/C15H17N3O3S/c1-3-6-16-13(19)10-4-5-11-12(9-10)17-15(22)18(14(11)20)7-8-21-2/h3-5,9,11H,1,6-8H2,2H3,(H,16,19). The number of hydrogen-bond donors (Lipinski definition) is 1. The number of rotatable bonds is 6. The minimum absolute atomic E-state index is 0.148. The molecule has 0 fully saturated rings. The molecule has 1 atom stereocenters. The maximum atomic E-state index is 12.4. The van der Waals surface area contributed by atoms with E-state index in [9.17, 15) is 9.59 Å². The number of amides is 2. The van der Waals surface area contributed by atoms with Gasteiger partial charge in [0.2, 0.25) is 11.0 Å². The number of aliphatic imine (C=N–C) groups is 1. The number of fused-ring (bicyclic) bond motifs is 1.